The molecular weight excluding hydrogens is 368 g/mol. The summed E-state index contributed by atoms with van der Waals surface area (Å²) in [6.07, 6.45) is 3.01. The van der Waals surface area contributed by atoms with Crippen LogP contribution in [0.3, 0.4) is 0 Å². The Hall–Kier alpha value is -1.96. The van der Waals surface area contributed by atoms with Gasteiger partial charge in [-0.25, -0.2) is 0 Å². The van der Waals surface area contributed by atoms with E-state index in [0.717, 1.165) is 32.5 Å². The van der Waals surface area contributed by atoms with Crippen molar-refractivity contribution in [1.29, 1.82) is 0 Å². The molecule has 2 amide bonds. The fraction of sp³-hybridized carbons (Fsp3) is 0.636. The summed E-state index contributed by atoms with van der Waals surface area (Å²) in [5, 5.41) is 2.85. The highest BCUT2D eigenvalue weighted by Gasteiger charge is 2.41. The quantitative estimate of drug-likeness (QED) is 0.678. The van der Waals surface area contributed by atoms with Crippen molar-refractivity contribution in [2.75, 3.05) is 32.8 Å². The largest absolute Gasteiger partial charge is 0.377 e. The van der Waals surface area contributed by atoms with Crippen molar-refractivity contribution < 1.29 is 14.3 Å². The fourth-order valence-corrected chi connectivity index (χ4v) is 4.39. The smallest absolute Gasteiger partial charge is 0.242 e. The van der Waals surface area contributed by atoms with Gasteiger partial charge in [0.25, 0.3) is 0 Å². The molecule has 2 fully saturated rings. The first-order valence-corrected chi connectivity index (χ1v) is 10.6. The van der Waals surface area contributed by atoms with Crippen LogP contribution in [0.2, 0.25) is 0 Å². The van der Waals surface area contributed by atoms with Gasteiger partial charge in [0.05, 0.1) is 6.10 Å². The normalized spacial score (nSPS) is 24.3. The van der Waals surface area contributed by atoms with E-state index < -0.39 is 6.04 Å². The lowest BCUT2D eigenvalue weighted by molar-refractivity contribution is -0.136. The van der Waals surface area contributed by atoms with E-state index in [1.165, 1.54) is 18.1 Å². The maximum atomic E-state index is 12.6. The van der Waals surface area contributed by atoms with Crippen LogP contribution in [0.25, 0.3) is 0 Å². The van der Waals surface area contributed by atoms with Crippen LogP contribution in [-0.2, 0) is 20.9 Å². The summed E-state index contributed by atoms with van der Waals surface area (Å²) in [6.45, 7) is 7.47. The van der Waals surface area contributed by atoms with E-state index >= 15 is 0 Å². The summed E-state index contributed by atoms with van der Waals surface area (Å²) < 4.78 is 5.90. The minimum atomic E-state index is -0.437. The molecular formula is C22H34N4O3. The van der Waals surface area contributed by atoms with Crippen LogP contribution in [-0.4, -0.2) is 72.6 Å². The van der Waals surface area contributed by atoms with Crippen LogP contribution >= 0.6 is 0 Å². The van der Waals surface area contributed by atoms with Gasteiger partial charge in [0.1, 0.15) is 6.04 Å². The Morgan fingerprint density at radius 2 is 2.14 bits per heavy atom. The van der Waals surface area contributed by atoms with E-state index in [1.54, 1.807) is 4.90 Å². The molecule has 3 rings (SSSR count). The molecule has 2 aliphatic rings. The number of hydrogen-bond donors (Lipinski definition) is 2. The lowest BCUT2D eigenvalue weighted by atomic mass is 10.0. The average Bonchev–Trinajstić information content (AvgIpc) is 3.37. The third kappa shape index (κ3) is 5.56. The second-order valence-electron chi connectivity index (χ2n) is 8.15. The monoisotopic (exact) mass is 402 g/mol. The fourth-order valence-electron chi connectivity index (χ4n) is 4.39. The maximum absolute atomic E-state index is 12.6. The molecule has 0 bridgehead atoms. The van der Waals surface area contributed by atoms with Crippen molar-refractivity contribution in [2.24, 2.45) is 5.73 Å². The van der Waals surface area contributed by atoms with E-state index in [9.17, 15) is 9.59 Å². The molecule has 29 heavy (non-hydrogen) atoms. The van der Waals surface area contributed by atoms with E-state index in [0.29, 0.717) is 26.1 Å². The second kappa shape index (κ2) is 10.2. The summed E-state index contributed by atoms with van der Waals surface area (Å²) in [5.41, 5.74) is 8.05. The van der Waals surface area contributed by atoms with Crippen LogP contribution in [0.4, 0.5) is 0 Å². The Morgan fingerprint density at radius 1 is 1.34 bits per heavy atom. The van der Waals surface area contributed by atoms with Crippen LogP contribution in [0.1, 0.15) is 37.3 Å². The summed E-state index contributed by atoms with van der Waals surface area (Å²) in [6, 6.07) is 8.07. The van der Waals surface area contributed by atoms with Gasteiger partial charge < -0.3 is 20.7 Å². The third-order valence-corrected chi connectivity index (χ3v) is 6.04. The average molecular weight is 403 g/mol. The van der Waals surface area contributed by atoms with E-state index in [-0.39, 0.29) is 24.0 Å². The first-order valence-electron chi connectivity index (χ1n) is 10.6. The van der Waals surface area contributed by atoms with E-state index in [1.807, 2.05) is 6.07 Å². The Labute approximate surface area is 173 Å². The number of ether oxygens (including phenoxy) is 1. The van der Waals surface area contributed by atoms with Gasteiger partial charge in [0, 0.05) is 52.3 Å². The predicted octanol–water partition coefficient (Wildman–Crippen LogP) is 1.04. The molecule has 3 unspecified atom stereocenters. The van der Waals surface area contributed by atoms with E-state index in [2.05, 4.69) is 35.3 Å². The number of amides is 2. The lowest BCUT2D eigenvalue weighted by Gasteiger charge is -2.31. The van der Waals surface area contributed by atoms with Gasteiger partial charge in [-0.1, -0.05) is 24.3 Å². The number of nitrogens with zero attached hydrogens (tertiary/aromatic N) is 2. The number of aryl methyl sites for hydroxylation is 1. The van der Waals surface area contributed by atoms with Crippen LogP contribution in [0.15, 0.2) is 24.3 Å². The molecule has 2 heterocycles. The highest BCUT2D eigenvalue weighted by Crippen LogP contribution is 2.27. The lowest BCUT2D eigenvalue weighted by Crippen LogP contribution is -2.46. The minimum Gasteiger partial charge on any atom is -0.377 e. The van der Waals surface area contributed by atoms with Crippen LogP contribution in [0.5, 0.6) is 0 Å². The van der Waals surface area contributed by atoms with Crippen molar-refractivity contribution in [2.45, 2.75) is 57.8 Å². The molecule has 0 spiro atoms. The zero-order chi connectivity index (χ0) is 20.8. The third-order valence-electron chi connectivity index (χ3n) is 6.04. The van der Waals surface area contributed by atoms with Gasteiger partial charge in [0.2, 0.25) is 11.8 Å². The van der Waals surface area contributed by atoms with Crippen molar-refractivity contribution in [1.82, 2.24) is 15.1 Å². The predicted molar refractivity (Wildman–Crippen MR) is 112 cm³/mol. The molecule has 3 N–H and O–H groups in total. The number of carbonyl (C=O) groups is 2. The summed E-state index contributed by atoms with van der Waals surface area (Å²) >= 11 is 0. The molecule has 0 aliphatic carbocycles. The maximum Gasteiger partial charge on any atom is 0.242 e. The number of carbonyl (C=O) groups excluding carboxylic acids is 2. The van der Waals surface area contributed by atoms with Crippen molar-refractivity contribution in [3.8, 4) is 0 Å². The van der Waals surface area contributed by atoms with Gasteiger partial charge in [-0.3, -0.25) is 14.5 Å². The SMILES string of the molecule is CC(=O)N1CC(N(Cc2ccccc2C)CC2CCCO2)CC1C(=O)NCCN. The topological polar surface area (TPSA) is 87.9 Å². The summed E-state index contributed by atoms with van der Waals surface area (Å²) in [5.74, 6) is -0.172. The molecule has 0 aromatic heterocycles. The van der Waals surface area contributed by atoms with Gasteiger partial charge in [-0.15, -0.1) is 0 Å². The summed E-state index contributed by atoms with van der Waals surface area (Å²) in [4.78, 5) is 29.0. The van der Waals surface area contributed by atoms with Gasteiger partial charge in [-0.05, 0) is 37.3 Å². The molecule has 0 saturated carbocycles. The van der Waals surface area contributed by atoms with Crippen molar-refractivity contribution >= 4 is 11.8 Å². The number of likely N-dealkylation sites (tertiary alicyclic amines) is 1. The highest BCUT2D eigenvalue weighted by molar-refractivity contribution is 5.87. The standard InChI is InChI=1S/C22H34N4O3/c1-16-6-3-4-7-18(16)13-25(15-20-8-5-11-29-20)19-12-21(22(28)24-10-9-23)26(14-19)17(2)27/h3-4,6-7,19-21H,5,8-15,23H2,1-2H3,(H,24,28). The molecule has 1 aromatic rings. The molecule has 2 aliphatic heterocycles. The second-order valence-corrected chi connectivity index (χ2v) is 8.15. The van der Waals surface area contributed by atoms with Gasteiger partial charge in [-0.2, -0.15) is 0 Å². The number of nitrogens with one attached hydrogen (secondary N) is 1. The summed E-state index contributed by atoms with van der Waals surface area (Å²) in [7, 11) is 0. The molecule has 2 saturated heterocycles. The van der Waals surface area contributed by atoms with Gasteiger partial charge >= 0.3 is 0 Å². The van der Waals surface area contributed by atoms with Crippen molar-refractivity contribution in [3.05, 3.63) is 35.4 Å². The van der Waals surface area contributed by atoms with Crippen molar-refractivity contribution in [3.63, 3.8) is 0 Å². The first-order chi connectivity index (χ1) is 14.0. The molecule has 3 atom stereocenters. The first kappa shape index (κ1) is 21.7. The number of benzene rings is 1. The Balaban J connectivity index is 1.77. The number of nitrogens with two attached hydrogens (primary N) is 1. The zero-order valence-corrected chi connectivity index (χ0v) is 17.6. The van der Waals surface area contributed by atoms with Gasteiger partial charge in [0.15, 0.2) is 0 Å². The molecule has 7 heteroatoms. The highest BCUT2D eigenvalue weighted by atomic mass is 16.5. The number of hydrogen-bond acceptors (Lipinski definition) is 5. The zero-order valence-electron chi connectivity index (χ0n) is 17.6. The van der Waals surface area contributed by atoms with Crippen LogP contribution < -0.4 is 11.1 Å². The molecule has 1 aromatic carbocycles. The molecule has 0 radical (unpaired) electrons. The minimum absolute atomic E-state index is 0.0617. The molecule has 7 nitrogen and oxygen atoms in total. The number of rotatable bonds is 8. The van der Waals surface area contributed by atoms with Crippen LogP contribution in [0, 0.1) is 6.92 Å². The Morgan fingerprint density at radius 3 is 2.79 bits per heavy atom. The Bertz CT molecular complexity index is 705. The molecule has 160 valence electrons. The Kier molecular flexibility index (Phi) is 7.64. The van der Waals surface area contributed by atoms with E-state index in [4.69, 9.17) is 10.5 Å².